The molecule has 1 heterocycles. The second-order valence-electron chi connectivity index (χ2n) is 6.54. The molecule has 0 aliphatic rings. The predicted octanol–water partition coefficient (Wildman–Crippen LogP) is 2.27. The molecule has 27 heavy (non-hydrogen) atoms. The van der Waals surface area contributed by atoms with Gasteiger partial charge in [-0.3, -0.25) is 9.13 Å². The van der Waals surface area contributed by atoms with E-state index in [0.29, 0.717) is 11.3 Å². The van der Waals surface area contributed by atoms with Gasteiger partial charge < -0.3 is 15.2 Å². The van der Waals surface area contributed by atoms with Crippen LogP contribution in [0.4, 0.5) is 0 Å². The van der Waals surface area contributed by atoms with Crippen LogP contribution in [0.1, 0.15) is 17.2 Å². The number of ether oxygens (including phenoxy) is 1. The van der Waals surface area contributed by atoms with Crippen molar-refractivity contribution in [3.05, 3.63) is 76.7 Å². The Balaban J connectivity index is 1.64. The summed E-state index contributed by atoms with van der Waals surface area (Å²) in [5, 5.41) is 13.7. The first-order valence-corrected chi connectivity index (χ1v) is 8.88. The molecule has 1 aromatic heterocycles. The molecule has 1 atom stereocenters. The average molecular weight is 367 g/mol. The normalized spacial score (nSPS) is 12.3. The molecule has 0 bridgehead atoms. The van der Waals surface area contributed by atoms with E-state index >= 15 is 0 Å². The zero-order chi connectivity index (χ0) is 19.4. The summed E-state index contributed by atoms with van der Waals surface area (Å²) in [4.78, 5) is 12.0. The number of nitrogens with one attached hydrogen (secondary N) is 1. The zero-order valence-electron chi connectivity index (χ0n) is 15.7. The van der Waals surface area contributed by atoms with Gasteiger partial charge in [0.05, 0.1) is 11.0 Å². The van der Waals surface area contributed by atoms with Crippen LogP contribution in [0.5, 0.6) is 5.75 Å². The second-order valence-corrected chi connectivity index (χ2v) is 6.54. The van der Waals surface area contributed by atoms with Crippen molar-refractivity contribution in [2.45, 2.75) is 12.6 Å². The molecule has 0 amide bonds. The van der Waals surface area contributed by atoms with Crippen molar-refractivity contribution in [1.82, 2.24) is 14.5 Å². The molecule has 6 heteroatoms. The Hall–Kier alpha value is -2.83. The van der Waals surface area contributed by atoms with Gasteiger partial charge >= 0.3 is 5.69 Å². The van der Waals surface area contributed by atoms with Gasteiger partial charge in [-0.1, -0.05) is 24.3 Å². The van der Waals surface area contributed by atoms with E-state index in [1.165, 1.54) is 0 Å². The second kappa shape index (κ2) is 8.24. The minimum atomic E-state index is -0.779. The number of aryl methyl sites for hydroxylation is 2. The van der Waals surface area contributed by atoms with Crippen molar-refractivity contribution < 1.29 is 9.84 Å². The highest BCUT2D eigenvalue weighted by molar-refractivity contribution is 5.76. The van der Waals surface area contributed by atoms with Gasteiger partial charge in [0.25, 0.3) is 0 Å². The highest BCUT2D eigenvalue weighted by atomic mass is 16.5. The fourth-order valence-electron chi connectivity index (χ4n) is 3.02. The lowest BCUT2D eigenvalue weighted by molar-refractivity contribution is 0.108. The van der Waals surface area contributed by atoms with Crippen LogP contribution in [-0.4, -0.2) is 27.4 Å². The monoisotopic (exact) mass is 367 g/mol. The molecule has 3 aromatic rings. The van der Waals surface area contributed by atoms with Crippen molar-refractivity contribution in [2.75, 3.05) is 13.2 Å². The molecule has 142 valence electrons. The van der Waals surface area contributed by atoms with Crippen LogP contribution >= 0.6 is 0 Å². The first kappa shape index (κ1) is 18.9. The molecule has 0 aliphatic carbocycles. The summed E-state index contributed by atoms with van der Waals surface area (Å²) in [5.41, 5.74) is 3.40. The highest BCUT2D eigenvalue weighted by Crippen LogP contribution is 2.21. The largest absolute Gasteiger partial charge is 0.491 e. The van der Waals surface area contributed by atoms with Crippen LogP contribution < -0.4 is 15.7 Å². The maximum atomic E-state index is 12.0. The van der Waals surface area contributed by atoms with E-state index in [-0.39, 0.29) is 12.3 Å². The van der Waals surface area contributed by atoms with Gasteiger partial charge in [-0.15, -0.1) is 6.58 Å². The van der Waals surface area contributed by atoms with Gasteiger partial charge in [0, 0.05) is 27.2 Å². The minimum Gasteiger partial charge on any atom is -0.491 e. The number of aliphatic hydroxyl groups is 1. The number of aliphatic hydroxyl groups excluding tert-OH is 1. The van der Waals surface area contributed by atoms with Crippen LogP contribution in [0.15, 0.2) is 59.9 Å². The van der Waals surface area contributed by atoms with E-state index in [0.717, 1.165) is 29.7 Å². The van der Waals surface area contributed by atoms with Gasteiger partial charge in [0.2, 0.25) is 0 Å². The number of benzene rings is 2. The third-order valence-corrected chi connectivity index (χ3v) is 4.63. The molecule has 0 aliphatic heterocycles. The molecule has 0 radical (unpaired) electrons. The standard InChI is InChI=1S/C21H25N3O3/c1-4-11-22-13-15-5-8-17(9-6-15)27-14-20(25)16-7-10-18-19(12-16)24(3)21(26)23(18)2/h4-10,12,20,22,25H,1,11,13-14H2,2-3H3/t20-/m0/s1. The summed E-state index contributed by atoms with van der Waals surface area (Å²) in [6.45, 7) is 5.35. The minimum absolute atomic E-state index is 0.0874. The van der Waals surface area contributed by atoms with Crippen LogP contribution in [-0.2, 0) is 20.6 Å². The topological polar surface area (TPSA) is 68.4 Å². The number of nitrogens with zero attached hydrogens (tertiary/aromatic N) is 2. The molecule has 6 nitrogen and oxygen atoms in total. The summed E-state index contributed by atoms with van der Waals surface area (Å²) in [6.07, 6.45) is 1.04. The van der Waals surface area contributed by atoms with Crippen molar-refractivity contribution in [1.29, 1.82) is 0 Å². The summed E-state index contributed by atoms with van der Waals surface area (Å²) >= 11 is 0. The molecule has 2 aromatic carbocycles. The SMILES string of the molecule is C=CCNCc1ccc(OC[C@H](O)c2ccc3c(c2)n(C)c(=O)n3C)cc1. The summed E-state index contributed by atoms with van der Waals surface area (Å²) < 4.78 is 8.88. The Morgan fingerprint density at radius 1 is 1.15 bits per heavy atom. The average Bonchev–Trinajstić information content (AvgIpc) is 2.91. The maximum absolute atomic E-state index is 12.0. The Labute approximate surface area is 158 Å². The van der Waals surface area contributed by atoms with Crippen molar-refractivity contribution in [3.8, 4) is 5.75 Å². The van der Waals surface area contributed by atoms with Crippen LogP contribution in [0.2, 0.25) is 0 Å². The van der Waals surface area contributed by atoms with Crippen LogP contribution in [0.3, 0.4) is 0 Å². The fourth-order valence-corrected chi connectivity index (χ4v) is 3.02. The molecule has 0 saturated carbocycles. The van der Waals surface area contributed by atoms with E-state index < -0.39 is 6.10 Å². The van der Waals surface area contributed by atoms with E-state index in [9.17, 15) is 9.90 Å². The van der Waals surface area contributed by atoms with Crippen LogP contribution in [0, 0.1) is 0 Å². The lowest BCUT2D eigenvalue weighted by Crippen LogP contribution is -2.19. The molecule has 0 saturated heterocycles. The molecular weight excluding hydrogens is 342 g/mol. The first-order chi connectivity index (χ1) is 13.0. The molecule has 3 rings (SSSR count). The Bertz CT molecular complexity index is 986. The summed E-state index contributed by atoms with van der Waals surface area (Å²) in [5.74, 6) is 0.703. The lowest BCUT2D eigenvalue weighted by atomic mass is 10.1. The van der Waals surface area contributed by atoms with Gasteiger partial charge in [0.1, 0.15) is 18.5 Å². The predicted molar refractivity (Wildman–Crippen MR) is 107 cm³/mol. The fraction of sp³-hybridized carbons (Fsp3) is 0.286. The quantitative estimate of drug-likeness (QED) is 0.473. The third-order valence-electron chi connectivity index (χ3n) is 4.63. The van der Waals surface area contributed by atoms with E-state index in [4.69, 9.17) is 4.74 Å². The van der Waals surface area contributed by atoms with Crippen molar-refractivity contribution in [2.24, 2.45) is 14.1 Å². The van der Waals surface area contributed by atoms with Gasteiger partial charge in [-0.25, -0.2) is 4.79 Å². The van der Waals surface area contributed by atoms with E-state index in [1.54, 1.807) is 23.2 Å². The lowest BCUT2D eigenvalue weighted by Gasteiger charge is -2.13. The Morgan fingerprint density at radius 3 is 2.56 bits per heavy atom. The van der Waals surface area contributed by atoms with Gasteiger partial charge in [-0.05, 0) is 35.4 Å². The summed E-state index contributed by atoms with van der Waals surface area (Å²) in [6, 6.07) is 13.3. The number of aromatic nitrogens is 2. The molecule has 0 spiro atoms. The van der Waals surface area contributed by atoms with E-state index in [1.807, 2.05) is 48.5 Å². The van der Waals surface area contributed by atoms with Crippen molar-refractivity contribution >= 4 is 11.0 Å². The summed E-state index contributed by atoms with van der Waals surface area (Å²) in [7, 11) is 3.46. The number of imidazole rings is 1. The number of hydrogen-bond donors (Lipinski definition) is 2. The number of rotatable bonds is 8. The third kappa shape index (κ3) is 4.13. The highest BCUT2D eigenvalue weighted by Gasteiger charge is 2.13. The first-order valence-electron chi connectivity index (χ1n) is 8.88. The van der Waals surface area contributed by atoms with Crippen LogP contribution in [0.25, 0.3) is 11.0 Å². The molecule has 0 unspecified atom stereocenters. The smallest absolute Gasteiger partial charge is 0.328 e. The zero-order valence-corrected chi connectivity index (χ0v) is 15.7. The molecule has 2 N–H and O–H groups in total. The van der Waals surface area contributed by atoms with Crippen molar-refractivity contribution in [3.63, 3.8) is 0 Å². The van der Waals surface area contributed by atoms with E-state index in [2.05, 4.69) is 11.9 Å². The Morgan fingerprint density at radius 2 is 1.85 bits per heavy atom. The number of fused-ring (bicyclic) bond motifs is 1. The van der Waals surface area contributed by atoms with Gasteiger partial charge in [0.15, 0.2) is 0 Å². The van der Waals surface area contributed by atoms with Gasteiger partial charge in [-0.2, -0.15) is 0 Å². The molecular formula is C21H25N3O3. The maximum Gasteiger partial charge on any atom is 0.328 e. The Kier molecular flexibility index (Phi) is 5.78. The number of hydrogen-bond acceptors (Lipinski definition) is 4. The molecule has 0 fully saturated rings.